The monoisotopic (exact) mass is 238 g/mol. The average molecular weight is 239 g/mol. The van der Waals surface area contributed by atoms with Gasteiger partial charge in [-0.05, 0) is 29.9 Å². The van der Waals surface area contributed by atoms with Crippen molar-refractivity contribution < 1.29 is 5.11 Å². The molecule has 1 aromatic rings. The molecule has 0 aliphatic heterocycles. The fourth-order valence-electron chi connectivity index (χ4n) is 2.52. The van der Waals surface area contributed by atoms with Gasteiger partial charge in [-0.15, -0.1) is 11.6 Å². The first-order valence-electron chi connectivity index (χ1n) is 6.15. The Hall–Kier alpha value is -0.530. The third kappa shape index (κ3) is 2.78. The van der Waals surface area contributed by atoms with Gasteiger partial charge in [-0.1, -0.05) is 43.5 Å². The van der Waals surface area contributed by atoms with Crippen molar-refractivity contribution in [1.29, 1.82) is 0 Å². The lowest BCUT2D eigenvalue weighted by Crippen LogP contribution is -2.05. The van der Waals surface area contributed by atoms with Crippen LogP contribution in [0.5, 0.6) is 0 Å². The van der Waals surface area contributed by atoms with Crippen molar-refractivity contribution >= 4 is 11.6 Å². The predicted molar refractivity (Wildman–Crippen MR) is 67.9 cm³/mol. The molecule has 1 nitrogen and oxygen atoms in total. The normalized spacial score (nSPS) is 19.6. The quantitative estimate of drug-likeness (QED) is 0.789. The molecular formula is C14H19ClO. The summed E-state index contributed by atoms with van der Waals surface area (Å²) in [5, 5.41) is 9.60. The Morgan fingerprint density at radius 3 is 2.31 bits per heavy atom. The summed E-state index contributed by atoms with van der Waals surface area (Å²) < 4.78 is 0. The second kappa shape index (κ2) is 5.70. The highest BCUT2D eigenvalue weighted by molar-refractivity contribution is 6.18. The lowest BCUT2D eigenvalue weighted by Gasteiger charge is -2.22. The number of hydrogen-bond acceptors (Lipinski definition) is 1. The van der Waals surface area contributed by atoms with E-state index in [0.29, 0.717) is 0 Å². The number of rotatable bonds is 3. The average Bonchev–Trinajstić information content (AvgIpc) is 2.39. The SMILES string of the molecule is OC(CCl)c1ccc(C2CCCCC2)cc1. The van der Waals surface area contributed by atoms with Crippen molar-refractivity contribution in [3.8, 4) is 0 Å². The zero-order valence-corrected chi connectivity index (χ0v) is 10.3. The van der Waals surface area contributed by atoms with Gasteiger partial charge in [-0.2, -0.15) is 0 Å². The van der Waals surface area contributed by atoms with Gasteiger partial charge >= 0.3 is 0 Å². The van der Waals surface area contributed by atoms with E-state index in [-0.39, 0.29) is 5.88 Å². The van der Waals surface area contributed by atoms with Crippen LogP contribution in [0.25, 0.3) is 0 Å². The maximum atomic E-state index is 9.60. The Kier molecular flexibility index (Phi) is 4.25. The van der Waals surface area contributed by atoms with Gasteiger partial charge in [0, 0.05) is 0 Å². The molecule has 16 heavy (non-hydrogen) atoms. The van der Waals surface area contributed by atoms with E-state index in [2.05, 4.69) is 12.1 Å². The molecule has 0 aromatic heterocycles. The molecule has 1 aromatic carbocycles. The van der Waals surface area contributed by atoms with Gasteiger partial charge in [0.05, 0.1) is 12.0 Å². The van der Waals surface area contributed by atoms with Crippen molar-refractivity contribution in [1.82, 2.24) is 0 Å². The number of alkyl halides is 1. The van der Waals surface area contributed by atoms with E-state index in [1.165, 1.54) is 37.7 Å². The number of hydrogen-bond donors (Lipinski definition) is 1. The van der Waals surface area contributed by atoms with E-state index in [9.17, 15) is 5.11 Å². The number of aliphatic hydroxyl groups is 1. The molecule has 1 saturated carbocycles. The van der Waals surface area contributed by atoms with Gasteiger partial charge < -0.3 is 5.11 Å². The van der Waals surface area contributed by atoms with Gasteiger partial charge in [-0.25, -0.2) is 0 Å². The third-order valence-electron chi connectivity index (χ3n) is 3.54. The molecule has 1 atom stereocenters. The molecule has 0 heterocycles. The van der Waals surface area contributed by atoms with Crippen LogP contribution in [-0.2, 0) is 0 Å². The van der Waals surface area contributed by atoms with E-state index < -0.39 is 6.10 Å². The molecule has 0 saturated heterocycles. The summed E-state index contributed by atoms with van der Waals surface area (Å²) in [6, 6.07) is 8.33. The van der Waals surface area contributed by atoms with Crippen molar-refractivity contribution in [2.75, 3.05) is 5.88 Å². The van der Waals surface area contributed by atoms with Crippen molar-refractivity contribution in [3.63, 3.8) is 0 Å². The summed E-state index contributed by atoms with van der Waals surface area (Å²) in [6.07, 6.45) is 6.21. The van der Waals surface area contributed by atoms with Crippen molar-refractivity contribution in [3.05, 3.63) is 35.4 Å². The first-order chi connectivity index (χ1) is 7.81. The molecular weight excluding hydrogens is 220 g/mol. The highest BCUT2D eigenvalue weighted by Crippen LogP contribution is 2.32. The van der Waals surface area contributed by atoms with Crippen LogP contribution in [0.4, 0.5) is 0 Å². The second-order valence-corrected chi connectivity index (χ2v) is 4.98. The summed E-state index contributed by atoms with van der Waals surface area (Å²) >= 11 is 5.62. The topological polar surface area (TPSA) is 20.2 Å². The van der Waals surface area contributed by atoms with Gasteiger partial charge in [0.2, 0.25) is 0 Å². The van der Waals surface area contributed by atoms with Gasteiger partial charge in [0.1, 0.15) is 0 Å². The van der Waals surface area contributed by atoms with Crippen LogP contribution >= 0.6 is 11.6 Å². The van der Waals surface area contributed by atoms with Crippen LogP contribution in [0.2, 0.25) is 0 Å². The lowest BCUT2D eigenvalue weighted by atomic mass is 9.84. The second-order valence-electron chi connectivity index (χ2n) is 4.67. The molecule has 1 aliphatic carbocycles. The first-order valence-corrected chi connectivity index (χ1v) is 6.68. The Labute approximate surface area is 102 Å². The summed E-state index contributed by atoms with van der Waals surface area (Å²) in [4.78, 5) is 0. The van der Waals surface area contributed by atoms with E-state index in [4.69, 9.17) is 11.6 Å². The van der Waals surface area contributed by atoms with Crippen LogP contribution in [0, 0.1) is 0 Å². The summed E-state index contributed by atoms with van der Waals surface area (Å²) in [6.45, 7) is 0. The number of halogens is 1. The maximum Gasteiger partial charge on any atom is 0.0925 e. The summed E-state index contributed by atoms with van der Waals surface area (Å²) in [7, 11) is 0. The van der Waals surface area contributed by atoms with Crippen LogP contribution in [-0.4, -0.2) is 11.0 Å². The minimum atomic E-state index is -0.526. The van der Waals surface area contributed by atoms with Gasteiger partial charge in [0.25, 0.3) is 0 Å². The lowest BCUT2D eigenvalue weighted by molar-refractivity contribution is 0.202. The molecule has 2 heteroatoms. The largest absolute Gasteiger partial charge is 0.387 e. The van der Waals surface area contributed by atoms with E-state index >= 15 is 0 Å². The number of benzene rings is 1. The maximum absolute atomic E-state index is 9.60. The van der Waals surface area contributed by atoms with Crippen molar-refractivity contribution in [2.24, 2.45) is 0 Å². The van der Waals surface area contributed by atoms with E-state index in [1.54, 1.807) is 0 Å². The highest BCUT2D eigenvalue weighted by atomic mass is 35.5. The fourth-order valence-corrected chi connectivity index (χ4v) is 2.69. The van der Waals surface area contributed by atoms with Crippen LogP contribution in [0.3, 0.4) is 0 Å². The standard InChI is InChI=1S/C14H19ClO/c15-10-14(16)13-8-6-12(7-9-13)11-4-2-1-3-5-11/h6-9,11,14,16H,1-5,10H2. The molecule has 1 unspecified atom stereocenters. The van der Waals surface area contributed by atoms with Crippen molar-refractivity contribution in [2.45, 2.75) is 44.1 Å². The zero-order chi connectivity index (χ0) is 11.4. The van der Waals surface area contributed by atoms with Crippen LogP contribution < -0.4 is 0 Å². The minimum Gasteiger partial charge on any atom is -0.387 e. The van der Waals surface area contributed by atoms with E-state index in [0.717, 1.165) is 11.5 Å². The molecule has 1 aliphatic rings. The fraction of sp³-hybridized carbons (Fsp3) is 0.571. The summed E-state index contributed by atoms with van der Waals surface area (Å²) in [5.41, 5.74) is 2.35. The Morgan fingerprint density at radius 2 is 1.75 bits per heavy atom. The molecule has 0 bridgehead atoms. The zero-order valence-electron chi connectivity index (χ0n) is 9.53. The molecule has 1 fully saturated rings. The Morgan fingerprint density at radius 1 is 1.12 bits per heavy atom. The molecule has 0 radical (unpaired) electrons. The van der Waals surface area contributed by atoms with Gasteiger partial charge in [0.15, 0.2) is 0 Å². The Bertz CT molecular complexity index is 314. The molecule has 0 amide bonds. The first kappa shape index (κ1) is 11.9. The third-order valence-corrected chi connectivity index (χ3v) is 3.84. The molecule has 2 rings (SSSR count). The molecule has 1 N–H and O–H groups in total. The smallest absolute Gasteiger partial charge is 0.0925 e. The predicted octanol–water partition coefficient (Wildman–Crippen LogP) is 4.01. The van der Waals surface area contributed by atoms with Crippen LogP contribution in [0.15, 0.2) is 24.3 Å². The van der Waals surface area contributed by atoms with E-state index in [1.807, 2.05) is 12.1 Å². The highest BCUT2D eigenvalue weighted by Gasteiger charge is 2.15. The summed E-state index contributed by atoms with van der Waals surface area (Å²) in [5.74, 6) is 0.999. The number of aliphatic hydroxyl groups excluding tert-OH is 1. The van der Waals surface area contributed by atoms with Crippen LogP contribution in [0.1, 0.15) is 55.3 Å². The molecule has 88 valence electrons. The minimum absolute atomic E-state index is 0.267. The molecule has 0 spiro atoms. The van der Waals surface area contributed by atoms with Gasteiger partial charge in [-0.3, -0.25) is 0 Å². The Balaban J connectivity index is 2.06.